The molecule has 0 aliphatic carbocycles. The number of hydrogen-bond donors (Lipinski definition) is 2. The van der Waals surface area contributed by atoms with Crippen molar-refractivity contribution in [2.75, 3.05) is 10.0 Å². The summed E-state index contributed by atoms with van der Waals surface area (Å²) in [5.74, 6) is -1.06. The molecular weight excluding hydrogens is 467 g/mol. The number of anilines is 2. The van der Waals surface area contributed by atoms with Gasteiger partial charge < -0.3 is 5.32 Å². The van der Waals surface area contributed by atoms with E-state index >= 15 is 0 Å². The van der Waals surface area contributed by atoms with Gasteiger partial charge in [-0.25, -0.2) is 12.8 Å². The highest BCUT2D eigenvalue weighted by Gasteiger charge is 2.20. The van der Waals surface area contributed by atoms with Crippen molar-refractivity contribution in [3.8, 4) is 0 Å². The normalized spacial score (nSPS) is 11.3. The molecule has 0 aliphatic rings. The van der Waals surface area contributed by atoms with Crippen molar-refractivity contribution in [3.63, 3.8) is 0 Å². The molecule has 7 nitrogen and oxygen atoms in total. The number of amides is 1. The van der Waals surface area contributed by atoms with E-state index in [2.05, 4.69) is 15.1 Å². The second kappa shape index (κ2) is 9.71. The van der Waals surface area contributed by atoms with E-state index in [1.54, 1.807) is 37.3 Å². The van der Waals surface area contributed by atoms with E-state index in [1.807, 2.05) is 30.7 Å². The Morgan fingerprint density at radius 3 is 2.46 bits per heavy atom. The molecule has 1 aromatic heterocycles. The molecule has 35 heavy (non-hydrogen) atoms. The summed E-state index contributed by atoms with van der Waals surface area (Å²) in [6, 6.07) is 19.2. The zero-order chi connectivity index (χ0) is 25.2. The smallest absolute Gasteiger partial charge is 0.262 e. The second-order valence-corrected chi connectivity index (χ2v) is 9.96. The average Bonchev–Trinajstić information content (AvgIpc) is 3.13. The van der Waals surface area contributed by atoms with Gasteiger partial charge in [0.05, 0.1) is 22.8 Å². The van der Waals surface area contributed by atoms with Crippen molar-refractivity contribution >= 4 is 27.3 Å². The summed E-state index contributed by atoms with van der Waals surface area (Å²) in [6.45, 7) is 6.05. The van der Waals surface area contributed by atoms with Crippen LogP contribution in [0.15, 0.2) is 77.7 Å². The Hall–Kier alpha value is -3.98. The lowest BCUT2D eigenvalue weighted by Gasteiger charge is -2.13. The molecule has 0 saturated heterocycles. The number of nitrogens with one attached hydrogen (secondary N) is 2. The number of sulfonamides is 1. The first-order valence-corrected chi connectivity index (χ1v) is 12.4. The van der Waals surface area contributed by atoms with Crippen LogP contribution in [0, 0.1) is 26.6 Å². The Labute approximate surface area is 203 Å². The second-order valence-electron chi connectivity index (χ2n) is 8.30. The lowest BCUT2D eigenvalue weighted by Crippen LogP contribution is -2.17. The zero-order valence-corrected chi connectivity index (χ0v) is 20.4. The molecule has 4 aromatic rings. The molecule has 0 saturated carbocycles. The molecular formula is C26H25FN4O3S. The number of benzene rings is 3. The van der Waals surface area contributed by atoms with Crippen LogP contribution in [0.3, 0.4) is 0 Å². The Kier molecular flexibility index (Phi) is 6.70. The van der Waals surface area contributed by atoms with Crippen LogP contribution in [0.25, 0.3) is 0 Å². The third-order valence-electron chi connectivity index (χ3n) is 5.48. The fourth-order valence-electron chi connectivity index (χ4n) is 3.73. The van der Waals surface area contributed by atoms with Crippen LogP contribution in [0.5, 0.6) is 0 Å². The van der Waals surface area contributed by atoms with Gasteiger partial charge in [0.2, 0.25) is 0 Å². The lowest BCUT2D eigenvalue weighted by atomic mass is 10.1. The summed E-state index contributed by atoms with van der Waals surface area (Å²) in [6.07, 6.45) is 0. The summed E-state index contributed by atoms with van der Waals surface area (Å²) in [7, 11) is -4.08. The van der Waals surface area contributed by atoms with E-state index in [-0.39, 0.29) is 16.5 Å². The Morgan fingerprint density at radius 2 is 1.74 bits per heavy atom. The number of aryl methyl sites for hydroxylation is 3. The van der Waals surface area contributed by atoms with Crippen LogP contribution >= 0.6 is 0 Å². The van der Waals surface area contributed by atoms with Gasteiger partial charge in [0.15, 0.2) is 0 Å². The molecule has 3 aromatic carbocycles. The highest BCUT2D eigenvalue weighted by molar-refractivity contribution is 7.92. The molecule has 9 heteroatoms. The van der Waals surface area contributed by atoms with Crippen molar-refractivity contribution in [1.29, 1.82) is 0 Å². The van der Waals surface area contributed by atoms with Gasteiger partial charge in [-0.05, 0) is 74.4 Å². The molecule has 180 valence electrons. The number of rotatable bonds is 7. The van der Waals surface area contributed by atoms with Crippen molar-refractivity contribution in [3.05, 3.63) is 107 Å². The van der Waals surface area contributed by atoms with Gasteiger partial charge in [-0.3, -0.25) is 14.2 Å². The van der Waals surface area contributed by atoms with E-state index in [0.717, 1.165) is 17.0 Å². The first-order valence-electron chi connectivity index (χ1n) is 10.9. The number of aromatic nitrogens is 2. The molecule has 0 spiro atoms. The number of hydrogen-bond acceptors (Lipinski definition) is 4. The monoisotopic (exact) mass is 492 g/mol. The van der Waals surface area contributed by atoms with Crippen LogP contribution in [0.4, 0.5) is 15.8 Å². The summed E-state index contributed by atoms with van der Waals surface area (Å²) < 4.78 is 44.0. The van der Waals surface area contributed by atoms with E-state index in [1.165, 1.54) is 30.3 Å². The molecule has 0 atom stereocenters. The molecule has 2 N–H and O–H groups in total. The molecule has 1 amide bonds. The summed E-state index contributed by atoms with van der Waals surface area (Å²) in [5, 5.41) is 7.21. The minimum absolute atomic E-state index is 0.0585. The molecule has 0 bridgehead atoms. The van der Waals surface area contributed by atoms with E-state index in [0.29, 0.717) is 23.4 Å². The Balaban J connectivity index is 1.54. The van der Waals surface area contributed by atoms with Gasteiger partial charge in [-0.2, -0.15) is 5.10 Å². The third kappa shape index (κ3) is 5.58. The fourth-order valence-corrected chi connectivity index (χ4v) is 5.07. The molecule has 1 heterocycles. The number of carbonyl (C=O) groups is 1. The van der Waals surface area contributed by atoms with Gasteiger partial charge >= 0.3 is 0 Å². The predicted molar refractivity (Wildman–Crippen MR) is 134 cm³/mol. The first-order chi connectivity index (χ1) is 16.6. The maximum absolute atomic E-state index is 14.0. The number of para-hydroxylation sites is 1. The minimum Gasteiger partial charge on any atom is -0.322 e. The fraction of sp³-hybridized carbons (Fsp3) is 0.154. The molecule has 0 radical (unpaired) electrons. The third-order valence-corrected chi connectivity index (χ3v) is 6.99. The van der Waals surface area contributed by atoms with Crippen molar-refractivity contribution in [2.45, 2.75) is 32.2 Å². The molecule has 0 fully saturated rings. The highest BCUT2D eigenvalue weighted by Crippen LogP contribution is 2.24. The van der Waals surface area contributed by atoms with Crippen LogP contribution < -0.4 is 10.0 Å². The average molecular weight is 493 g/mol. The van der Waals surface area contributed by atoms with Gasteiger partial charge in [-0.15, -0.1) is 0 Å². The standard InChI is InChI=1S/C26H25FN4O3S/c1-17-11-12-22(15-25(17)35(33,34)30-24-10-5-4-9-23(24)27)28-26(32)21-8-6-7-20(14-21)16-31-19(3)13-18(2)29-31/h4-15,30H,16H2,1-3H3,(H,28,32). The number of nitrogens with zero attached hydrogens (tertiary/aromatic N) is 2. The SMILES string of the molecule is Cc1cc(C)n(Cc2cccc(C(=O)Nc3ccc(C)c(S(=O)(=O)Nc4ccccc4F)c3)c2)n1. The minimum atomic E-state index is -4.08. The largest absolute Gasteiger partial charge is 0.322 e. The summed E-state index contributed by atoms with van der Waals surface area (Å²) in [4.78, 5) is 12.9. The van der Waals surface area contributed by atoms with Crippen LogP contribution in [-0.2, 0) is 16.6 Å². The van der Waals surface area contributed by atoms with Gasteiger partial charge in [-0.1, -0.05) is 30.3 Å². The van der Waals surface area contributed by atoms with Crippen molar-refractivity contribution < 1.29 is 17.6 Å². The molecule has 4 rings (SSSR count). The van der Waals surface area contributed by atoms with Crippen molar-refractivity contribution in [1.82, 2.24) is 9.78 Å². The maximum Gasteiger partial charge on any atom is 0.262 e. The van der Waals surface area contributed by atoms with Crippen LogP contribution in [-0.4, -0.2) is 24.1 Å². The van der Waals surface area contributed by atoms with E-state index in [4.69, 9.17) is 0 Å². The van der Waals surface area contributed by atoms with Gasteiger partial charge in [0.1, 0.15) is 5.82 Å². The summed E-state index contributed by atoms with van der Waals surface area (Å²) >= 11 is 0. The van der Waals surface area contributed by atoms with Gasteiger partial charge in [0.25, 0.3) is 15.9 Å². The van der Waals surface area contributed by atoms with Crippen LogP contribution in [0.1, 0.15) is 32.9 Å². The summed E-state index contributed by atoms with van der Waals surface area (Å²) in [5.41, 5.74) is 3.89. The van der Waals surface area contributed by atoms with E-state index in [9.17, 15) is 17.6 Å². The Morgan fingerprint density at radius 1 is 0.971 bits per heavy atom. The van der Waals surface area contributed by atoms with Crippen LogP contribution in [0.2, 0.25) is 0 Å². The molecule has 0 unspecified atom stereocenters. The first kappa shape index (κ1) is 24.2. The maximum atomic E-state index is 14.0. The zero-order valence-electron chi connectivity index (χ0n) is 19.5. The van der Waals surface area contributed by atoms with Crippen molar-refractivity contribution in [2.24, 2.45) is 0 Å². The van der Waals surface area contributed by atoms with E-state index < -0.39 is 15.8 Å². The lowest BCUT2D eigenvalue weighted by molar-refractivity contribution is 0.102. The molecule has 0 aliphatic heterocycles. The van der Waals surface area contributed by atoms with Gasteiger partial charge in [0, 0.05) is 16.9 Å². The topological polar surface area (TPSA) is 93.1 Å². The quantitative estimate of drug-likeness (QED) is 0.378. The predicted octanol–water partition coefficient (Wildman–Crippen LogP) is 5.05. The highest BCUT2D eigenvalue weighted by atomic mass is 32.2. The number of halogens is 1. The number of carbonyl (C=O) groups excluding carboxylic acids is 1. The Bertz CT molecular complexity index is 1510.